The van der Waals surface area contributed by atoms with Crippen LogP contribution in [-0.4, -0.2) is 27.4 Å². The zero-order valence-corrected chi connectivity index (χ0v) is 8.30. The van der Waals surface area contributed by atoms with Gasteiger partial charge < -0.3 is 9.84 Å². The van der Waals surface area contributed by atoms with Crippen LogP contribution in [0, 0.1) is 0 Å². The number of ether oxygens (including phenoxy) is 1. The third kappa shape index (κ3) is 2.85. The van der Waals surface area contributed by atoms with Gasteiger partial charge in [-0.2, -0.15) is 4.98 Å². The van der Waals surface area contributed by atoms with Crippen LogP contribution in [0.15, 0.2) is 17.1 Å². The number of hydrogen-bond donors (Lipinski definition) is 1. The Morgan fingerprint density at radius 2 is 2.43 bits per heavy atom. The van der Waals surface area contributed by atoms with Crippen LogP contribution in [0.3, 0.4) is 0 Å². The molecule has 0 unspecified atom stereocenters. The molecule has 0 spiro atoms. The molecule has 5 nitrogen and oxygen atoms in total. The molecule has 0 aromatic carbocycles. The topological polar surface area (TPSA) is 64.3 Å². The van der Waals surface area contributed by atoms with Crippen molar-refractivity contribution in [3.05, 3.63) is 22.7 Å². The molecule has 0 saturated heterocycles. The lowest BCUT2D eigenvalue weighted by Crippen LogP contribution is -2.26. The lowest BCUT2D eigenvalue weighted by Gasteiger charge is -2.07. The molecule has 0 saturated carbocycles. The molecule has 1 atom stereocenters. The molecular weight excluding hydrogens is 184 g/mol. The van der Waals surface area contributed by atoms with Gasteiger partial charge in [-0.3, -0.25) is 4.57 Å². The second-order valence-electron chi connectivity index (χ2n) is 2.98. The quantitative estimate of drug-likeness (QED) is 0.741. The summed E-state index contributed by atoms with van der Waals surface area (Å²) in [6, 6.07) is 1.60. The molecule has 5 heteroatoms. The van der Waals surface area contributed by atoms with Crippen LogP contribution in [0.1, 0.15) is 13.8 Å². The minimum atomic E-state index is -0.563. The number of rotatable bonds is 4. The predicted octanol–water partition coefficient (Wildman–Crippen LogP) is 0.0228. The Hall–Kier alpha value is -1.36. The summed E-state index contributed by atoms with van der Waals surface area (Å²) >= 11 is 0. The smallest absolute Gasteiger partial charge is 0.350 e. The number of hydrogen-bond acceptors (Lipinski definition) is 4. The van der Waals surface area contributed by atoms with E-state index in [9.17, 15) is 4.79 Å². The number of aromatic nitrogens is 2. The van der Waals surface area contributed by atoms with Crippen molar-refractivity contribution in [3.63, 3.8) is 0 Å². The summed E-state index contributed by atoms with van der Waals surface area (Å²) < 4.78 is 6.40. The summed E-state index contributed by atoms with van der Waals surface area (Å²) in [5, 5.41) is 9.08. The van der Waals surface area contributed by atoms with Gasteiger partial charge in [-0.25, -0.2) is 4.79 Å². The summed E-state index contributed by atoms with van der Waals surface area (Å²) in [5.74, 6) is 0.319. The minimum absolute atomic E-state index is 0.248. The third-order valence-electron chi connectivity index (χ3n) is 1.60. The molecule has 1 rings (SSSR count). The highest BCUT2D eigenvalue weighted by Crippen LogP contribution is 2.00. The first-order chi connectivity index (χ1) is 6.63. The molecule has 0 radical (unpaired) electrons. The molecule has 0 aliphatic carbocycles. The van der Waals surface area contributed by atoms with Crippen molar-refractivity contribution < 1.29 is 9.84 Å². The molecule has 1 N–H and O–H groups in total. The first-order valence-corrected chi connectivity index (χ1v) is 4.52. The predicted molar refractivity (Wildman–Crippen MR) is 51.3 cm³/mol. The Morgan fingerprint density at radius 3 is 2.93 bits per heavy atom. The molecule has 0 bridgehead atoms. The van der Waals surface area contributed by atoms with Gasteiger partial charge in [0.1, 0.15) is 0 Å². The fourth-order valence-corrected chi connectivity index (χ4v) is 1.07. The van der Waals surface area contributed by atoms with Gasteiger partial charge in [0.2, 0.25) is 5.88 Å². The van der Waals surface area contributed by atoms with Crippen molar-refractivity contribution in [2.75, 3.05) is 6.61 Å². The summed E-state index contributed by atoms with van der Waals surface area (Å²) in [6.45, 7) is 4.16. The number of aliphatic hydroxyl groups excluding tert-OH is 1. The summed E-state index contributed by atoms with van der Waals surface area (Å²) in [7, 11) is 0. The van der Waals surface area contributed by atoms with Gasteiger partial charge in [-0.15, -0.1) is 0 Å². The molecule has 1 aromatic heterocycles. The first-order valence-electron chi connectivity index (χ1n) is 4.52. The Balaban J connectivity index is 2.85. The van der Waals surface area contributed by atoms with E-state index in [2.05, 4.69) is 4.98 Å². The molecule has 0 aliphatic rings. The zero-order chi connectivity index (χ0) is 10.6. The molecule has 1 heterocycles. The standard InChI is InChI=1S/C9H14N2O3/c1-3-14-8-4-5-11(6-7(2)12)9(13)10-8/h4-5,7,12H,3,6H2,1-2H3/t7-/m1/s1. The summed E-state index contributed by atoms with van der Waals surface area (Å²) in [4.78, 5) is 15.0. The Kier molecular flexibility index (Phi) is 3.64. The van der Waals surface area contributed by atoms with Crippen LogP contribution < -0.4 is 10.4 Å². The van der Waals surface area contributed by atoms with Crippen LogP contribution in [0.2, 0.25) is 0 Å². The van der Waals surface area contributed by atoms with E-state index in [1.165, 1.54) is 4.57 Å². The maximum absolute atomic E-state index is 11.3. The Bertz CT molecular complexity index is 346. The number of nitrogens with zero attached hydrogens (tertiary/aromatic N) is 2. The monoisotopic (exact) mass is 198 g/mol. The maximum Gasteiger partial charge on any atom is 0.350 e. The van der Waals surface area contributed by atoms with Crippen molar-refractivity contribution in [1.29, 1.82) is 0 Å². The van der Waals surface area contributed by atoms with E-state index in [-0.39, 0.29) is 6.54 Å². The van der Waals surface area contributed by atoms with Gasteiger partial charge in [0.05, 0.1) is 19.3 Å². The maximum atomic E-state index is 11.3. The third-order valence-corrected chi connectivity index (χ3v) is 1.60. The molecule has 0 amide bonds. The summed E-state index contributed by atoms with van der Waals surface area (Å²) in [6.07, 6.45) is 1.000. The SMILES string of the molecule is CCOc1ccn(C[C@@H](C)O)c(=O)n1. The van der Waals surface area contributed by atoms with E-state index >= 15 is 0 Å². The van der Waals surface area contributed by atoms with E-state index in [1.54, 1.807) is 19.2 Å². The van der Waals surface area contributed by atoms with Crippen molar-refractivity contribution >= 4 is 0 Å². The minimum Gasteiger partial charge on any atom is -0.478 e. The fourth-order valence-electron chi connectivity index (χ4n) is 1.07. The van der Waals surface area contributed by atoms with Crippen LogP contribution in [0.25, 0.3) is 0 Å². The van der Waals surface area contributed by atoms with Gasteiger partial charge >= 0.3 is 5.69 Å². The highest BCUT2D eigenvalue weighted by atomic mass is 16.5. The van der Waals surface area contributed by atoms with Gasteiger partial charge in [0.15, 0.2) is 0 Å². The first kappa shape index (κ1) is 10.7. The van der Waals surface area contributed by atoms with Crippen LogP contribution in [-0.2, 0) is 6.54 Å². The fraction of sp³-hybridized carbons (Fsp3) is 0.556. The van der Waals surface area contributed by atoms with E-state index in [0.29, 0.717) is 12.5 Å². The van der Waals surface area contributed by atoms with Gasteiger partial charge in [0, 0.05) is 12.3 Å². The molecular formula is C9H14N2O3. The number of aliphatic hydroxyl groups is 1. The molecule has 14 heavy (non-hydrogen) atoms. The lowest BCUT2D eigenvalue weighted by atomic mass is 10.4. The van der Waals surface area contributed by atoms with E-state index in [4.69, 9.17) is 9.84 Å². The van der Waals surface area contributed by atoms with Gasteiger partial charge in [0.25, 0.3) is 0 Å². The highest BCUT2D eigenvalue weighted by Gasteiger charge is 2.02. The Morgan fingerprint density at radius 1 is 1.71 bits per heavy atom. The highest BCUT2D eigenvalue weighted by molar-refractivity contribution is 5.05. The van der Waals surface area contributed by atoms with Crippen molar-refractivity contribution in [3.8, 4) is 5.88 Å². The van der Waals surface area contributed by atoms with Crippen LogP contribution >= 0.6 is 0 Å². The lowest BCUT2D eigenvalue weighted by molar-refractivity contribution is 0.171. The molecule has 1 aromatic rings. The zero-order valence-electron chi connectivity index (χ0n) is 8.30. The molecule has 0 aliphatic heterocycles. The van der Waals surface area contributed by atoms with Crippen molar-refractivity contribution in [2.45, 2.75) is 26.5 Å². The van der Waals surface area contributed by atoms with E-state index < -0.39 is 11.8 Å². The molecule has 0 fully saturated rings. The van der Waals surface area contributed by atoms with Crippen LogP contribution in [0.4, 0.5) is 0 Å². The summed E-state index contributed by atoms with van der Waals surface area (Å²) in [5.41, 5.74) is -0.406. The average Bonchev–Trinajstić information content (AvgIpc) is 2.10. The average molecular weight is 198 g/mol. The van der Waals surface area contributed by atoms with E-state index in [1.807, 2.05) is 6.92 Å². The molecule has 78 valence electrons. The second kappa shape index (κ2) is 4.76. The van der Waals surface area contributed by atoms with Gasteiger partial charge in [-0.05, 0) is 13.8 Å². The van der Waals surface area contributed by atoms with Gasteiger partial charge in [-0.1, -0.05) is 0 Å². The van der Waals surface area contributed by atoms with Crippen LogP contribution in [0.5, 0.6) is 5.88 Å². The Labute approximate surface area is 82.0 Å². The van der Waals surface area contributed by atoms with E-state index in [0.717, 1.165) is 0 Å². The van der Waals surface area contributed by atoms with Crippen molar-refractivity contribution in [2.24, 2.45) is 0 Å². The normalized spacial score (nSPS) is 12.5. The largest absolute Gasteiger partial charge is 0.478 e. The second-order valence-corrected chi connectivity index (χ2v) is 2.98. The van der Waals surface area contributed by atoms with Crippen molar-refractivity contribution in [1.82, 2.24) is 9.55 Å².